The summed E-state index contributed by atoms with van der Waals surface area (Å²) in [6.07, 6.45) is -5.58. The first-order chi connectivity index (χ1) is 8.51. The van der Waals surface area contributed by atoms with Crippen LogP contribution in [-0.4, -0.2) is 26.2 Å². The van der Waals surface area contributed by atoms with Crippen molar-refractivity contribution >= 4 is 15.7 Å². The normalized spacial score (nSPS) is 14.2. The number of hydrogen-bond donors (Lipinski definition) is 3. The Morgan fingerprint density at radius 1 is 1.42 bits per heavy atom. The highest BCUT2D eigenvalue weighted by atomic mass is 32.2. The number of rotatable bonds is 4. The second-order valence-corrected chi connectivity index (χ2v) is 5.54. The fourth-order valence-corrected chi connectivity index (χ4v) is 1.89. The molecule has 0 bridgehead atoms. The zero-order valence-electron chi connectivity index (χ0n) is 9.90. The van der Waals surface area contributed by atoms with E-state index in [0.717, 1.165) is 12.1 Å². The minimum Gasteiger partial charge on any atom is -0.392 e. The maximum atomic E-state index is 12.8. The van der Waals surface area contributed by atoms with Crippen molar-refractivity contribution in [2.45, 2.75) is 24.1 Å². The third-order valence-corrected chi connectivity index (χ3v) is 3.12. The molecule has 1 rings (SSSR count). The highest BCUT2D eigenvalue weighted by Gasteiger charge is 2.34. The largest absolute Gasteiger partial charge is 0.418 e. The molecule has 0 aromatic heterocycles. The number of alkyl halides is 3. The molecule has 19 heavy (non-hydrogen) atoms. The lowest BCUT2D eigenvalue weighted by Crippen LogP contribution is -2.19. The lowest BCUT2D eigenvalue weighted by molar-refractivity contribution is -0.137. The summed E-state index contributed by atoms with van der Waals surface area (Å²) in [4.78, 5) is -0.623. The van der Waals surface area contributed by atoms with Gasteiger partial charge in [-0.2, -0.15) is 13.2 Å². The molecule has 0 heterocycles. The molecule has 5 nitrogen and oxygen atoms in total. The van der Waals surface area contributed by atoms with Crippen LogP contribution in [0.4, 0.5) is 18.9 Å². The van der Waals surface area contributed by atoms with Gasteiger partial charge in [0.15, 0.2) is 0 Å². The van der Waals surface area contributed by atoms with Gasteiger partial charge in [0, 0.05) is 12.2 Å². The monoisotopic (exact) mass is 298 g/mol. The van der Waals surface area contributed by atoms with E-state index >= 15 is 0 Å². The lowest BCUT2D eigenvalue weighted by Gasteiger charge is -2.16. The summed E-state index contributed by atoms with van der Waals surface area (Å²) < 4.78 is 60.5. The van der Waals surface area contributed by atoms with E-state index in [-0.39, 0.29) is 12.2 Å². The van der Waals surface area contributed by atoms with Crippen molar-refractivity contribution in [2.24, 2.45) is 5.14 Å². The molecule has 1 atom stereocenters. The van der Waals surface area contributed by atoms with Crippen LogP contribution in [0.25, 0.3) is 0 Å². The van der Waals surface area contributed by atoms with E-state index in [1.54, 1.807) is 0 Å². The maximum absolute atomic E-state index is 12.8. The minimum atomic E-state index is -4.73. The zero-order valence-corrected chi connectivity index (χ0v) is 10.7. The number of benzene rings is 1. The molecule has 0 unspecified atom stereocenters. The Bertz CT molecular complexity index is 556. The van der Waals surface area contributed by atoms with E-state index in [1.165, 1.54) is 6.92 Å². The number of hydrogen-bond acceptors (Lipinski definition) is 4. The number of halogens is 3. The second kappa shape index (κ2) is 5.35. The highest BCUT2D eigenvalue weighted by molar-refractivity contribution is 7.89. The van der Waals surface area contributed by atoms with Gasteiger partial charge in [-0.25, -0.2) is 13.6 Å². The van der Waals surface area contributed by atoms with E-state index in [4.69, 9.17) is 10.2 Å². The van der Waals surface area contributed by atoms with Crippen LogP contribution in [0, 0.1) is 0 Å². The first-order valence-corrected chi connectivity index (χ1v) is 6.72. The van der Waals surface area contributed by atoms with Crippen molar-refractivity contribution in [3.63, 3.8) is 0 Å². The molecule has 0 fully saturated rings. The van der Waals surface area contributed by atoms with Gasteiger partial charge in [-0.3, -0.25) is 0 Å². The van der Waals surface area contributed by atoms with Crippen LogP contribution in [0.1, 0.15) is 12.5 Å². The van der Waals surface area contributed by atoms with Gasteiger partial charge in [0.1, 0.15) is 0 Å². The molecule has 0 saturated carbocycles. The van der Waals surface area contributed by atoms with Crippen molar-refractivity contribution in [3.8, 4) is 0 Å². The lowest BCUT2D eigenvalue weighted by atomic mass is 10.1. The van der Waals surface area contributed by atoms with Crippen molar-refractivity contribution in [2.75, 3.05) is 11.9 Å². The number of nitrogens with two attached hydrogens (primary N) is 1. The highest BCUT2D eigenvalue weighted by Crippen LogP contribution is 2.36. The quantitative estimate of drug-likeness (QED) is 0.777. The summed E-state index contributed by atoms with van der Waals surface area (Å²) in [7, 11) is -4.21. The molecule has 1 aromatic carbocycles. The van der Waals surface area contributed by atoms with Crippen molar-refractivity contribution in [1.29, 1.82) is 0 Å². The Morgan fingerprint density at radius 2 is 2.00 bits per heavy atom. The van der Waals surface area contributed by atoms with Gasteiger partial charge in [-0.05, 0) is 25.1 Å². The Balaban J connectivity index is 3.26. The molecular weight excluding hydrogens is 285 g/mol. The van der Waals surface area contributed by atoms with E-state index < -0.39 is 32.8 Å². The third-order valence-electron chi connectivity index (χ3n) is 2.21. The fourth-order valence-electron chi connectivity index (χ4n) is 1.35. The molecule has 0 spiro atoms. The van der Waals surface area contributed by atoms with E-state index in [9.17, 15) is 21.6 Å². The Labute approximate surface area is 108 Å². The predicted molar refractivity (Wildman–Crippen MR) is 63.0 cm³/mol. The maximum Gasteiger partial charge on any atom is 0.418 e. The number of aliphatic hydroxyl groups is 1. The Hall–Kier alpha value is -1.32. The third kappa shape index (κ3) is 4.37. The van der Waals surface area contributed by atoms with Crippen LogP contribution >= 0.6 is 0 Å². The molecule has 1 aromatic rings. The molecule has 0 aliphatic heterocycles. The van der Waals surface area contributed by atoms with Gasteiger partial charge < -0.3 is 10.4 Å². The van der Waals surface area contributed by atoms with Crippen molar-refractivity contribution in [1.82, 2.24) is 0 Å². The van der Waals surface area contributed by atoms with Crippen LogP contribution in [0.3, 0.4) is 0 Å². The fraction of sp³-hybridized carbons (Fsp3) is 0.400. The van der Waals surface area contributed by atoms with E-state index in [2.05, 4.69) is 5.32 Å². The summed E-state index contributed by atoms with van der Waals surface area (Å²) in [5.74, 6) is 0. The van der Waals surface area contributed by atoms with Gasteiger partial charge in [0.25, 0.3) is 0 Å². The van der Waals surface area contributed by atoms with Crippen LogP contribution in [0.15, 0.2) is 23.1 Å². The number of sulfonamides is 1. The molecule has 9 heteroatoms. The van der Waals surface area contributed by atoms with Gasteiger partial charge in [0.2, 0.25) is 10.0 Å². The topological polar surface area (TPSA) is 92.4 Å². The Kier molecular flexibility index (Phi) is 4.43. The van der Waals surface area contributed by atoms with Gasteiger partial charge in [0.05, 0.1) is 16.6 Å². The molecule has 0 radical (unpaired) electrons. The second-order valence-electron chi connectivity index (χ2n) is 3.98. The summed E-state index contributed by atoms with van der Waals surface area (Å²) in [6, 6.07) is 2.39. The Morgan fingerprint density at radius 3 is 2.42 bits per heavy atom. The van der Waals surface area contributed by atoms with Crippen molar-refractivity contribution in [3.05, 3.63) is 23.8 Å². The van der Waals surface area contributed by atoms with Crippen LogP contribution < -0.4 is 10.5 Å². The predicted octanol–water partition coefficient (Wildman–Crippen LogP) is 1.15. The molecule has 4 N–H and O–H groups in total. The molecule has 0 aliphatic rings. The van der Waals surface area contributed by atoms with Gasteiger partial charge in [-0.15, -0.1) is 0 Å². The number of anilines is 1. The molecule has 0 amide bonds. The molecule has 0 saturated heterocycles. The SMILES string of the molecule is C[C@@H](O)CNc1ccc(S(N)(=O)=O)cc1C(F)(F)F. The smallest absolute Gasteiger partial charge is 0.392 e. The number of primary sulfonamides is 1. The average Bonchev–Trinajstić information content (AvgIpc) is 2.23. The number of aliphatic hydroxyl groups excluding tert-OH is 1. The standard InChI is InChI=1S/C10H13F3N2O3S/c1-6(16)5-15-9-3-2-7(19(14,17)18)4-8(9)10(11,12)13/h2-4,6,15-16H,5H2,1H3,(H2,14,17,18)/t6-/m1/s1. The van der Waals surface area contributed by atoms with E-state index in [0.29, 0.717) is 6.07 Å². The summed E-state index contributed by atoms with van der Waals surface area (Å²) in [6.45, 7) is 1.30. The molecule has 0 aliphatic carbocycles. The van der Waals surface area contributed by atoms with Gasteiger partial charge >= 0.3 is 6.18 Å². The van der Waals surface area contributed by atoms with Crippen LogP contribution in [0.2, 0.25) is 0 Å². The first-order valence-electron chi connectivity index (χ1n) is 5.18. The summed E-state index contributed by atoms with van der Waals surface area (Å²) >= 11 is 0. The van der Waals surface area contributed by atoms with Crippen LogP contribution in [0.5, 0.6) is 0 Å². The average molecular weight is 298 g/mol. The van der Waals surface area contributed by atoms with E-state index in [1.807, 2.05) is 0 Å². The van der Waals surface area contributed by atoms with Gasteiger partial charge in [-0.1, -0.05) is 0 Å². The summed E-state index contributed by atoms with van der Waals surface area (Å²) in [5.41, 5.74) is -1.47. The minimum absolute atomic E-state index is 0.0994. The van der Waals surface area contributed by atoms with Crippen molar-refractivity contribution < 1.29 is 26.7 Å². The van der Waals surface area contributed by atoms with Crippen LogP contribution in [-0.2, 0) is 16.2 Å². The summed E-state index contributed by atoms with van der Waals surface area (Å²) in [5, 5.41) is 16.2. The molecule has 108 valence electrons. The molecular formula is C10H13F3N2O3S. The first kappa shape index (κ1) is 15.7. The number of nitrogens with one attached hydrogen (secondary N) is 1. The zero-order chi connectivity index (χ0) is 14.8.